The van der Waals surface area contributed by atoms with Gasteiger partial charge in [-0.3, -0.25) is 0 Å². The Kier molecular flexibility index (Phi) is 3.34. The molecule has 130 valence electrons. The number of benzene rings is 2. The van der Waals surface area contributed by atoms with Crippen molar-refractivity contribution in [3.05, 3.63) is 64.8 Å². The average Bonchev–Trinajstić information content (AvgIpc) is 3.17. The van der Waals surface area contributed by atoms with E-state index in [4.69, 9.17) is 20.9 Å². The number of ether oxygens (including phenoxy) is 1. The maximum atomic E-state index is 6.52. The van der Waals surface area contributed by atoms with Crippen molar-refractivity contribution in [2.24, 2.45) is 0 Å². The van der Waals surface area contributed by atoms with E-state index in [0.29, 0.717) is 11.9 Å². The standard InChI is InChI=1S/C20H16ClN3O2/c1-11-17(12(2)26-23-11)14-8-9-15-18-19(14)25-10-16(24(18)20(21)22-15)13-6-4-3-5-7-13/h3-9,16H,10H2,1-2H3. The molecule has 1 aliphatic heterocycles. The van der Waals surface area contributed by atoms with Gasteiger partial charge in [0.2, 0.25) is 5.28 Å². The Balaban J connectivity index is 1.79. The van der Waals surface area contributed by atoms with Crippen molar-refractivity contribution in [2.45, 2.75) is 19.9 Å². The predicted octanol–water partition coefficient (Wildman–Crippen LogP) is 4.94. The summed E-state index contributed by atoms with van der Waals surface area (Å²) in [6, 6.07) is 14.2. The highest BCUT2D eigenvalue weighted by Crippen LogP contribution is 2.45. The number of halogens is 1. The van der Waals surface area contributed by atoms with Gasteiger partial charge in [0.05, 0.1) is 22.8 Å². The van der Waals surface area contributed by atoms with Crippen LogP contribution >= 0.6 is 11.6 Å². The van der Waals surface area contributed by atoms with Crippen molar-refractivity contribution in [3.63, 3.8) is 0 Å². The van der Waals surface area contributed by atoms with Crippen LogP contribution < -0.4 is 4.74 Å². The molecule has 5 rings (SSSR count). The molecule has 26 heavy (non-hydrogen) atoms. The Labute approximate surface area is 155 Å². The van der Waals surface area contributed by atoms with Crippen LogP contribution in [-0.4, -0.2) is 21.3 Å². The third-order valence-corrected chi connectivity index (χ3v) is 5.21. The van der Waals surface area contributed by atoms with E-state index in [9.17, 15) is 0 Å². The van der Waals surface area contributed by atoms with Gasteiger partial charge >= 0.3 is 0 Å². The summed E-state index contributed by atoms with van der Waals surface area (Å²) < 4.78 is 13.7. The molecule has 1 unspecified atom stereocenters. The zero-order chi connectivity index (χ0) is 17.8. The van der Waals surface area contributed by atoms with Gasteiger partial charge in [-0.2, -0.15) is 0 Å². The van der Waals surface area contributed by atoms with Gasteiger partial charge in [0.25, 0.3) is 0 Å². The summed E-state index contributed by atoms with van der Waals surface area (Å²) in [4.78, 5) is 4.54. The second kappa shape index (κ2) is 5.61. The average molecular weight is 366 g/mol. The SMILES string of the molecule is Cc1noc(C)c1-c1ccc2nc(Cl)n3c2c1OCC3c1ccccc1. The van der Waals surface area contributed by atoms with Crippen LogP contribution in [0, 0.1) is 13.8 Å². The fourth-order valence-corrected chi connectivity index (χ4v) is 4.07. The molecule has 0 saturated heterocycles. The van der Waals surface area contributed by atoms with Gasteiger partial charge in [-0.1, -0.05) is 35.5 Å². The fraction of sp³-hybridized carbons (Fsp3) is 0.200. The number of hydrogen-bond acceptors (Lipinski definition) is 4. The lowest BCUT2D eigenvalue weighted by Gasteiger charge is -2.28. The van der Waals surface area contributed by atoms with Crippen molar-refractivity contribution >= 4 is 22.6 Å². The Morgan fingerprint density at radius 3 is 2.65 bits per heavy atom. The summed E-state index contributed by atoms with van der Waals surface area (Å²) in [6.07, 6.45) is 0. The second-order valence-electron chi connectivity index (χ2n) is 6.50. The van der Waals surface area contributed by atoms with Crippen LogP contribution in [0.3, 0.4) is 0 Å². The summed E-state index contributed by atoms with van der Waals surface area (Å²) in [5.74, 6) is 1.55. The molecule has 2 aromatic carbocycles. The number of imidazole rings is 1. The lowest BCUT2D eigenvalue weighted by atomic mass is 10.00. The molecule has 1 atom stereocenters. The molecule has 0 saturated carbocycles. The maximum Gasteiger partial charge on any atom is 0.204 e. The van der Waals surface area contributed by atoms with Gasteiger partial charge in [-0.25, -0.2) is 4.98 Å². The molecule has 3 heterocycles. The van der Waals surface area contributed by atoms with Crippen LogP contribution in [0.2, 0.25) is 5.28 Å². The van der Waals surface area contributed by atoms with Crippen LogP contribution in [0.15, 0.2) is 47.0 Å². The molecule has 4 aromatic rings. The van der Waals surface area contributed by atoms with Gasteiger partial charge in [0.1, 0.15) is 17.9 Å². The molecule has 6 heteroatoms. The normalized spacial score (nSPS) is 16.0. The van der Waals surface area contributed by atoms with Crippen molar-refractivity contribution in [3.8, 4) is 16.9 Å². The van der Waals surface area contributed by atoms with Gasteiger partial charge in [0, 0.05) is 5.56 Å². The highest BCUT2D eigenvalue weighted by Gasteiger charge is 2.30. The van der Waals surface area contributed by atoms with E-state index in [1.165, 1.54) is 0 Å². The molecule has 1 aliphatic rings. The lowest BCUT2D eigenvalue weighted by molar-refractivity contribution is 0.260. The number of aromatic nitrogens is 3. The third kappa shape index (κ3) is 2.10. The van der Waals surface area contributed by atoms with E-state index in [1.807, 2.05) is 44.2 Å². The summed E-state index contributed by atoms with van der Waals surface area (Å²) in [6.45, 7) is 4.33. The summed E-state index contributed by atoms with van der Waals surface area (Å²) in [5.41, 5.74) is 5.63. The zero-order valence-corrected chi connectivity index (χ0v) is 15.1. The van der Waals surface area contributed by atoms with Crippen molar-refractivity contribution in [2.75, 3.05) is 6.61 Å². The summed E-state index contributed by atoms with van der Waals surface area (Å²) in [5, 5.41) is 4.54. The highest BCUT2D eigenvalue weighted by atomic mass is 35.5. The van der Waals surface area contributed by atoms with Crippen LogP contribution in [-0.2, 0) is 0 Å². The van der Waals surface area contributed by atoms with E-state index in [0.717, 1.165) is 44.9 Å². The third-order valence-electron chi connectivity index (χ3n) is 4.95. The molecule has 0 fully saturated rings. The minimum atomic E-state index is -0.0129. The minimum Gasteiger partial charge on any atom is -0.488 e. The van der Waals surface area contributed by atoms with Gasteiger partial charge in [-0.15, -0.1) is 0 Å². The topological polar surface area (TPSA) is 53.1 Å². The van der Waals surface area contributed by atoms with Crippen LogP contribution in [0.1, 0.15) is 23.1 Å². The van der Waals surface area contributed by atoms with Crippen molar-refractivity contribution in [1.29, 1.82) is 0 Å². The molecule has 5 nitrogen and oxygen atoms in total. The van der Waals surface area contributed by atoms with Gasteiger partial charge in [-0.05, 0) is 43.1 Å². The Morgan fingerprint density at radius 2 is 1.92 bits per heavy atom. The van der Waals surface area contributed by atoms with Crippen molar-refractivity contribution < 1.29 is 9.26 Å². The number of nitrogens with zero attached hydrogens (tertiary/aromatic N) is 3. The summed E-state index contributed by atoms with van der Waals surface area (Å²) in [7, 11) is 0. The van der Waals surface area contributed by atoms with Gasteiger partial charge in [0.15, 0.2) is 5.75 Å². The Bertz CT molecular complexity index is 1110. The van der Waals surface area contributed by atoms with E-state index in [-0.39, 0.29) is 6.04 Å². The number of hydrogen-bond donors (Lipinski definition) is 0. The van der Waals surface area contributed by atoms with Gasteiger partial charge < -0.3 is 13.8 Å². The molecular formula is C20H16ClN3O2. The number of aryl methyl sites for hydroxylation is 2. The van der Waals surface area contributed by atoms with E-state index in [1.54, 1.807) is 0 Å². The number of rotatable bonds is 2. The molecule has 0 bridgehead atoms. The first kappa shape index (κ1) is 15.5. The molecule has 0 N–H and O–H groups in total. The van der Waals surface area contributed by atoms with E-state index >= 15 is 0 Å². The zero-order valence-electron chi connectivity index (χ0n) is 14.4. The van der Waals surface area contributed by atoms with Crippen LogP contribution in [0.4, 0.5) is 0 Å². The van der Waals surface area contributed by atoms with Crippen LogP contribution in [0.25, 0.3) is 22.2 Å². The highest BCUT2D eigenvalue weighted by molar-refractivity contribution is 6.29. The van der Waals surface area contributed by atoms with Crippen molar-refractivity contribution in [1.82, 2.24) is 14.7 Å². The molecule has 2 aromatic heterocycles. The Morgan fingerprint density at radius 1 is 1.12 bits per heavy atom. The molecular weight excluding hydrogens is 350 g/mol. The monoisotopic (exact) mass is 365 g/mol. The maximum absolute atomic E-state index is 6.52. The molecule has 0 spiro atoms. The first-order chi connectivity index (χ1) is 12.6. The quantitative estimate of drug-likeness (QED) is 0.504. The summed E-state index contributed by atoms with van der Waals surface area (Å²) >= 11 is 6.52. The first-order valence-corrected chi connectivity index (χ1v) is 8.84. The second-order valence-corrected chi connectivity index (χ2v) is 6.84. The first-order valence-electron chi connectivity index (χ1n) is 8.46. The molecule has 0 radical (unpaired) electrons. The predicted molar refractivity (Wildman–Crippen MR) is 99.8 cm³/mol. The largest absolute Gasteiger partial charge is 0.488 e. The molecule has 0 amide bonds. The minimum absolute atomic E-state index is 0.0129. The fourth-order valence-electron chi connectivity index (χ4n) is 3.78. The smallest absolute Gasteiger partial charge is 0.204 e. The molecule has 0 aliphatic carbocycles. The van der Waals surface area contributed by atoms with E-state index in [2.05, 4.69) is 26.8 Å². The Hall–Kier alpha value is -2.79. The van der Waals surface area contributed by atoms with Crippen LogP contribution in [0.5, 0.6) is 5.75 Å². The lowest BCUT2D eigenvalue weighted by Crippen LogP contribution is -2.23. The van der Waals surface area contributed by atoms with E-state index < -0.39 is 0 Å².